The third-order valence-electron chi connectivity index (χ3n) is 4.25. The average Bonchev–Trinajstić information content (AvgIpc) is 2.52. The molecule has 2 fully saturated rings. The van der Waals surface area contributed by atoms with Crippen LogP contribution in [-0.2, 0) is 14.3 Å². The van der Waals surface area contributed by atoms with Gasteiger partial charge in [-0.15, -0.1) is 0 Å². The van der Waals surface area contributed by atoms with Gasteiger partial charge in [-0.05, 0) is 38.6 Å². The van der Waals surface area contributed by atoms with E-state index in [1.807, 2.05) is 4.90 Å². The van der Waals surface area contributed by atoms with E-state index in [9.17, 15) is 4.79 Å². The van der Waals surface area contributed by atoms with E-state index < -0.39 is 0 Å². The van der Waals surface area contributed by atoms with Crippen LogP contribution in [0.5, 0.6) is 0 Å². The Morgan fingerprint density at radius 2 is 2.05 bits per heavy atom. The van der Waals surface area contributed by atoms with Crippen LogP contribution in [0.15, 0.2) is 0 Å². The van der Waals surface area contributed by atoms with Crippen molar-refractivity contribution < 1.29 is 14.3 Å². The first kappa shape index (κ1) is 15.7. The highest BCUT2D eigenvalue weighted by Gasteiger charge is 2.29. The first-order valence-corrected chi connectivity index (χ1v) is 7.91. The van der Waals surface area contributed by atoms with Gasteiger partial charge in [0, 0.05) is 40.0 Å². The highest BCUT2D eigenvalue weighted by molar-refractivity contribution is 5.79. The summed E-state index contributed by atoms with van der Waals surface area (Å²) in [5.41, 5.74) is 0. The molecule has 2 aliphatic heterocycles. The van der Waals surface area contributed by atoms with Crippen molar-refractivity contribution in [3.63, 3.8) is 0 Å². The van der Waals surface area contributed by atoms with Crippen LogP contribution in [0, 0.1) is 5.92 Å². The van der Waals surface area contributed by atoms with E-state index in [2.05, 4.69) is 5.32 Å². The van der Waals surface area contributed by atoms with Gasteiger partial charge in [0.05, 0.1) is 12.0 Å². The van der Waals surface area contributed by atoms with Crippen molar-refractivity contribution in [1.29, 1.82) is 0 Å². The summed E-state index contributed by atoms with van der Waals surface area (Å²) in [7, 11) is 1.71. The van der Waals surface area contributed by atoms with Crippen LogP contribution >= 0.6 is 0 Å². The maximum absolute atomic E-state index is 12.4. The molecule has 0 aromatic rings. The zero-order chi connectivity index (χ0) is 14.2. The Morgan fingerprint density at radius 1 is 1.25 bits per heavy atom. The highest BCUT2D eigenvalue weighted by atomic mass is 16.5. The van der Waals surface area contributed by atoms with Gasteiger partial charge in [0.25, 0.3) is 0 Å². The van der Waals surface area contributed by atoms with Crippen molar-refractivity contribution in [2.75, 3.05) is 46.5 Å². The molecule has 2 saturated heterocycles. The van der Waals surface area contributed by atoms with Crippen molar-refractivity contribution in [3.05, 3.63) is 0 Å². The van der Waals surface area contributed by atoms with Gasteiger partial charge in [0.15, 0.2) is 0 Å². The van der Waals surface area contributed by atoms with Crippen LogP contribution in [0.3, 0.4) is 0 Å². The Kier molecular flexibility index (Phi) is 6.76. The zero-order valence-electron chi connectivity index (χ0n) is 12.6. The van der Waals surface area contributed by atoms with Gasteiger partial charge in [-0.25, -0.2) is 0 Å². The molecule has 20 heavy (non-hydrogen) atoms. The summed E-state index contributed by atoms with van der Waals surface area (Å²) in [5, 5.41) is 3.32. The number of methoxy groups -OCH3 is 1. The maximum atomic E-state index is 12.4. The predicted octanol–water partition coefficient (Wildman–Crippen LogP) is 1.03. The summed E-state index contributed by atoms with van der Waals surface area (Å²) in [4.78, 5) is 14.4. The Balaban J connectivity index is 1.64. The number of carbonyl (C=O) groups excluding carboxylic acids is 1. The minimum Gasteiger partial charge on any atom is -0.385 e. The number of ether oxygens (including phenoxy) is 2. The summed E-state index contributed by atoms with van der Waals surface area (Å²) in [6, 6.07) is 0. The lowest BCUT2D eigenvalue weighted by atomic mass is 9.96. The summed E-state index contributed by atoms with van der Waals surface area (Å²) >= 11 is 0. The minimum atomic E-state index is 0.197. The fraction of sp³-hybridized carbons (Fsp3) is 0.933. The number of hydrogen-bond acceptors (Lipinski definition) is 4. The molecule has 1 unspecified atom stereocenters. The lowest BCUT2D eigenvalue weighted by Gasteiger charge is -2.35. The second-order valence-corrected chi connectivity index (χ2v) is 5.79. The van der Waals surface area contributed by atoms with Crippen molar-refractivity contribution in [1.82, 2.24) is 10.2 Å². The summed E-state index contributed by atoms with van der Waals surface area (Å²) in [6.07, 6.45) is 5.37. The van der Waals surface area contributed by atoms with Gasteiger partial charge in [-0.1, -0.05) is 0 Å². The van der Waals surface area contributed by atoms with Crippen LogP contribution in [0.1, 0.15) is 32.1 Å². The lowest BCUT2D eigenvalue weighted by Crippen LogP contribution is -2.47. The molecule has 0 radical (unpaired) electrons. The molecule has 2 heterocycles. The smallest absolute Gasteiger partial charge is 0.226 e. The fourth-order valence-electron chi connectivity index (χ4n) is 3.02. The standard InChI is InChI=1S/C15H28N2O3/c1-19-10-3-11-20-14-5-8-17(9-6-14)15(18)13-4-2-7-16-12-13/h13-14,16H,2-12H2,1H3. The van der Waals surface area contributed by atoms with Crippen LogP contribution in [-0.4, -0.2) is 63.4 Å². The van der Waals surface area contributed by atoms with Gasteiger partial charge < -0.3 is 19.7 Å². The summed E-state index contributed by atoms with van der Waals surface area (Å²) in [5.74, 6) is 0.540. The topological polar surface area (TPSA) is 50.8 Å². The average molecular weight is 284 g/mol. The molecule has 2 aliphatic rings. The Bertz CT molecular complexity index is 285. The molecule has 5 nitrogen and oxygen atoms in total. The van der Waals surface area contributed by atoms with Crippen LogP contribution in [0.2, 0.25) is 0 Å². The number of carbonyl (C=O) groups is 1. The van der Waals surface area contributed by atoms with E-state index in [1.165, 1.54) is 0 Å². The van der Waals surface area contributed by atoms with Gasteiger partial charge >= 0.3 is 0 Å². The Labute approximate surface area is 122 Å². The third-order valence-corrected chi connectivity index (χ3v) is 4.25. The quantitative estimate of drug-likeness (QED) is 0.740. The predicted molar refractivity (Wildman–Crippen MR) is 77.6 cm³/mol. The van der Waals surface area contributed by atoms with Crippen LogP contribution in [0.25, 0.3) is 0 Å². The second-order valence-electron chi connectivity index (χ2n) is 5.79. The summed E-state index contributed by atoms with van der Waals surface area (Å²) < 4.78 is 10.8. The second kappa shape index (κ2) is 8.60. The van der Waals surface area contributed by atoms with E-state index >= 15 is 0 Å². The van der Waals surface area contributed by atoms with E-state index in [-0.39, 0.29) is 5.92 Å². The number of likely N-dealkylation sites (tertiary alicyclic amines) is 1. The molecule has 0 aromatic heterocycles. The van der Waals surface area contributed by atoms with Gasteiger partial charge in [0.2, 0.25) is 5.91 Å². The Morgan fingerprint density at radius 3 is 2.70 bits per heavy atom. The maximum Gasteiger partial charge on any atom is 0.226 e. The molecule has 0 bridgehead atoms. The number of piperidine rings is 2. The van der Waals surface area contributed by atoms with Crippen molar-refractivity contribution in [2.24, 2.45) is 5.92 Å². The Hall–Kier alpha value is -0.650. The minimum absolute atomic E-state index is 0.197. The van der Waals surface area contributed by atoms with Gasteiger partial charge in [0.1, 0.15) is 0 Å². The molecule has 2 rings (SSSR count). The molecule has 0 spiro atoms. The molecule has 0 aromatic carbocycles. The van der Waals surface area contributed by atoms with E-state index in [4.69, 9.17) is 9.47 Å². The van der Waals surface area contributed by atoms with Crippen molar-refractivity contribution >= 4 is 5.91 Å². The normalized spacial score (nSPS) is 24.9. The van der Waals surface area contributed by atoms with E-state index in [0.717, 1.165) is 71.5 Å². The lowest BCUT2D eigenvalue weighted by molar-refractivity contribution is -0.138. The highest BCUT2D eigenvalue weighted by Crippen LogP contribution is 2.19. The SMILES string of the molecule is COCCCOC1CCN(C(=O)C2CCCNC2)CC1. The van der Waals surface area contributed by atoms with E-state index in [1.54, 1.807) is 7.11 Å². The zero-order valence-corrected chi connectivity index (χ0v) is 12.6. The molecule has 0 saturated carbocycles. The van der Waals surface area contributed by atoms with Crippen molar-refractivity contribution in [2.45, 2.75) is 38.2 Å². The largest absolute Gasteiger partial charge is 0.385 e. The van der Waals surface area contributed by atoms with E-state index in [0.29, 0.717) is 12.0 Å². The van der Waals surface area contributed by atoms with Gasteiger partial charge in [-0.2, -0.15) is 0 Å². The monoisotopic (exact) mass is 284 g/mol. The first-order chi connectivity index (χ1) is 9.81. The number of amides is 1. The van der Waals surface area contributed by atoms with Crippen LogP contribution in [0.4, 0.5) is 0 Å². The molecule has 5 heteroatoms. The van der Waals surface area contributed by atoms with Crippen molar-refractivity contribution in [3.8, 4) is 0 Å². The fourth-order valence-corrected chi connectivity index (χ4v) is 3.02. The number of nitrogens with one attached hydrogen (secondary N) is 1. The molecular formula is C15H28N2O3. The molecule has 1 N–H and O–H groups in total. The third kappa shape index (κ3) is 4.72. The first-order valence-electron chi connectivity index (χ1n) is 7.91. The molecule has 1 amide bonds. The van der Waals surface area contributed by atoms with Gasteiger partial charge in [-0.3, -0.25) is 4.79 Å². The number of hydrogen-bond donors (Lipinski definition) is 1. The molecule has 1 atom stereocenters. The number of rotatable bonds is 6. The molecule has 116 valence electrons. The molecular weight excluding hydrogens is 256 g/mol. The van der Waals surface area contributed by atoms with Crippen LogP contribution < -0.4 is 5.32 Å². The number of nitrogens with zero attached hydrogens (tertiary/aromatic N) is 1. The summed E-state index contributed by atoms with van der Waals surface area (Å²) in [6.45, 7) is 5.13. The molecule has 0 aliphatic carbocycles.